The van der Waals surface area contributed by atoms with Gasteiger partial charge in [-0.2, -0.15) is 4.31 Å². The van der Waals surface area contributed by atoms with E-state index in [9.17, 15) is 12.8 Å². The molecule has 1 aromatic heterocycles. The molecule has 0 amide bonds. The van der Waals surface area contributed by atoms with E-state index in [0.717, 1.165) is 0 Å². The van der Waals surface area contributed by atoms with Crippen LogP contribution in [0.2, 0.25) is 0 Å². The van der Waals surface area contributed by atoms with E-state index in [2.05, 4.69) is 9.97 Å². The molecule has 1 N–H and O–H groups in total. The lowest BCUT2D eigenvalue weighted by molar-refractivity contribution is 0.114. The van der Waals surface area contributed by atoms with E-state index in [0.29, 0.717) is 17.8 Å². The number of hydrogen-bond donors (Lipinski definition) is 1. The molecule has 1 saturated heterocycles. The monoisotopic (exact) mass is 339 g/mol. The lowest BCUT2D eigenvalue weighted by atomic mass is 10.2. The molecular formula is C15H18FN3O3S. The maximum absolute atomic E-state index is 13.0. The maximum Gasteiger partial charge on any atom is 0.219 e. The number of rotatable bonds is 5. The van der Waals surface area contributed by atoms with Crippen LogP contribution >= 0.6 is 0 Å². The van der Waals surface area contributed by atoms with E-state index >= 15 is 0 Å². The highest BCUT2D eigenvalue weighted by Crippen LogP contribution is 2.34. The number of hydrogen-bond acceptors (Lipinski definition) is 4. The van der Waals surface area contributed by atoms with Gasteiger partial charge in [0, 0.05) is 26.0 Å². The van der Waals surface area contributed by atoms with E-state index in [-0.39, 0.29) is 30.3 Å². The number of nitrogens with zero attached hydrogens (tertiary/aromatic N) is 2. The Hall–Kier alpha value is -1.77. The highest BCUT2D eigenvalue weighted by molar-refractivity contribution is 7.88. The van der Waals surface area contributed by atoms with Gasteiger partial charge in [-0.1, -0.05) is 12.1 Å². The lowest BCUT2D eigenvalue weighted by Gasteiger charge is -2.22. The smallest absolute Gasteiger partial charge is 0.219 e. The highest BCUT2D eigenvalue weighted by Gasteiger charge is 2.41. The molecule has 124 valence electrons. The van der Waals surface area contributed by atoms with Crippen LogP contribution in [-0.2, 0) is 20.5 Å². The summed E-state index contributed by atoms with van der Waals surface area (Å²) in [5.41, 5.74) is 0.547. The Morgan fingerprint density at radius 3 is 2.74 bits per heavy atom. The first-order valence-electron chi connectivity index (χ1n) is 7.25. The van der Waals surface area contributed by atoms with Crippen LogP contribution < -0.4 is 0 Å². The average Bonchev–Trinajstić information content (AvgIpc) is 3.18. The van der Waals surface area contributed by atoms with Crippen LogP contribution in [0.15, 0.2) is 36.7 Å². The molecule has 0 unspecified atom stereocenters. The average molecular weight is 339 g/mol. The van der Waals surface area contributed by atoms with Crippen LogP contribution in [0.3, 0.4) is 0 Å². The van der Waals surface area contributed by atoms with Gasteiger partial charge in [-0.05, 0) is 24.1 Å². The minimum Gasteiger partial charge on any atom is -0.380 e. The Morgan fingerprint density at radius 1 is 1.39 bits per heavy atom. The van der Waals surface area contributed by atoms with E-state index in [4.69, 9.17) is 4.74 Å². The number of benzene rings is 1. The number of H-pyrrole nitrogens is 1. The van der Waals surface area contributed by atoms with Gasteiger partial charge in [0.05, 0.1) is 17.9 Å². The molecule has 2 aromatic rings. The van der Waals surface area contributed by atoms with Crippen molar-refractivity contribution in [2.75, 3.05) is 13.7 Å². The molecule has 2 atom stereocenters. The largest absolute Gasteiger partial charge is 0.380 e. The summed E-state index contributed by atoms with van der Waals surface area (Å²) in [6.45, 7) is 0.283. The van der Waals surface area contributed by atoms with Gasteiger partial charge in [0.1, 0.15) is 11.6 Å². The number of ether oxygens (including phenoxy) is 1. The minimum atomic E-state index is -3.57. The molecule has 6 nitrogen and oxygen atoms in total. The second-order valence-electron chi connectivity index (χ2n) is 5.54. The molecular weight excluding hydrogens is 321 g/mol. The normalized spacial score (nSPS) is 22.5. The van der Waals surface area contributed by atoms with Gasteiger partial charge >= 0.3 is 0 Å². The third-order valence-corrected chi connectivity index (χ3v) is 5.82. The summed E-state index contributed by atoms with van der Waals surface area (Å²) in [5.74, 6) is 0.0356. The van der Waals surface area contributed by atoms with Gasteiger partial charge < -0.3 is 9.72 Å². The number of halogens is 1. The number of aromatic amines is 1. The third kappa shape index (κ3) is 3.44. The predicted octanol–water partition coefficient (Wildman–Crippen LogP) is 1.84. The zero-order valence-electron chi connectivity index (χ0n) is 12.6. The molecule has 0 spiro atoms. The molecule has 1 aliphatic rings. The fourth-order valence-corrected chi connectivity index (χ4v) is 4.58. The molecule has 1 aliphatic heterocycles. The number of nitrogens with one attached hydrogen (secondary N) is 1. The summed E-state index contributed by atoms with van der Waals surface area (Å²) >= 11 is 0. The van der Waals surface area contributed by atoms with Crippen molar-refractivity contribution in [3.8, 4) is 0 Å². The van der Waals surface area contributed by atoms with Crippen molar-refractivity contribution in [2.24, 2.45) is 0 Å². The van der Waals surface area contributed by atoms with Gasteiger partial charge in [-0.3, -0.25) is 0 Å². The van der Waals surface area contributed by atoms with Gasteiger partial charge in [0.2, 0.25) is 10.0 Å². The van der Waals surface area contributed by atoms with Crippen molar-refractivity contribution in [3.05, 3.63) is 53.9 Å². The van der Waals surface area contributed by atoms with Gasteiger partial charge in [-0.15, -0.1) is 0 Å². The Balaban J connectivity index is 1.85. The second kappa shape index (κ2) is 6.38. The Morgan fingerprint density at radius 2 is 2.13 bits per heavy atom. The van der Waals surface area contributed by atoms with Crippen molar-refractivity contribution in [1.29, 1.82) is 0 Å². The number of methoxy groups -OCH3 is 1. The zero-order chi connectivity index (χ0) is 16.4. The summed E-state index contributed by atoms with van der Waals surface area (Å²) in [4.78, 5) is 7.16. The van der Waals surface area contributed by atoms with Gasteiger partial charge in [0.15, 0.2) is 0 Å². The zero-order valence-corrected chi connectivity index (χ0v) is 13.5. The van der Waals surface area contributed by atoms with E-state index in [1.807, 2.05) is 0 Å². The molecule has 1 fully saturated rings. The third-order valence-electron chi connectivity index (χ3n) is 4.01. The maximum atomic E-state index is 13.0. The minimum absolute atomic E-state index is 0.173. The van der Waals surface area contributed by atoms with E-state index < -0.39 is 10.0 Å². The molecule has 8 heteroatoms. The fourth-order valence-electron chi connectivity index (χ4n) is 2.83. The van der Waals surface area contributed by atoms with Crippen LogP contribution in [0.4, 0.5) is 4.39 Å². The Labute approximate surface area is 134 Å². The number of imidazole rings is 1. The number of aromatic nitrogens is 2. The van der Waals surface area contributed by atoms with Crippen LogP contribution in [0.5, 0.6) is 0 Å². The first kappa shape index (κ1) is 16.1. The molecule has 0 aliphatic carbocycles. The van der Waals surface area contributed by atoms with Crippen LogP contribution in [0.25, 0.3) is 0 Å². The van der Waals surface area contributed by atoms with Crippen LogP contribution in [0.1, 0.15) is 23.9 Å². The molecule has 2 heterocycles. The second-order valence-corrected chi connectivity index (χ2v) is 7.46. The van der Waals surface area contributed by atoms with Crippen molar-refractivity contribution in [2.45, 2.75) is 24.3 Å². The van der Waals surface area contributed by atoms with Crippen molar-refractivity contribution in [1.82, 2.24) is 14.3 Å². The van der Waals surface area contributed by atoms with Gasteiger partial charge in [0.25, 0.3) is 0 Å². The van der Waals surface area contributed by atoms with Crippen molar-refractivity contribution >= 4 is 10.0 Å². The van der Waals surface area contributed by atoms with Crippen molar-refractivity contribution < 1.29 is 17.5 Å². The summed E-state index contributed by atoms with van der Waals surface area (Å²) in [7, 11) is -2.00. The van der Waals surface area contributed by atoms with E-state index in [1.54, 1.807) is 19.5 Å². The predicted molar refractivity (Wildman–Crippen MR) is 82.5 cm³/mol. The van der Waals surface area contributed by atoms with Gasteiger partial charge in [-0.25, -0.2) is 17.8 Å². The van der Waals surface area contributed by atoms with Crippen LogP contribution in [0, 0.1) is 5.82 Å². The summed E-state index contributed by atoms with van der Waals surface area (Å²) < 4.78 is 45.3. The van der Waals surface area contributed by atoms with Crippen molar-refractivity contribution in [3.63, 3.8) is 0 Å². The standard InChI is InChI=1S/C15H18FN3O3S/c1-22-13-8-14(15-17-6-7-18-15)19(9-13)23(20,21)10-11-2-4-12(16)5-3-11/h2-7,13-14H,8-10H2,1H3,(H,17,18)/t13-,14+/m1/s1. The Kier molecular flexibility index (Phi) is 4.47. The summed E-state index contributed by atoms with van der Waals surface area (Å²) in [5, 5.41) is 0. The molecule has 1 aromatic carbocycles. The summed E-state index contributed by atoms with van der Waals surface area (Å²) in [6, 6.07) is 5.12. The lowest BCUT2D eigenvalue weighted by Crippen LogP contribution is -2.33. The Bertz CT molecular complexity index is 747. The quantitative estimate of drug-likeness (QED) is 0.902. The molecule has 23 heavy (non-hydrogen) atoms. The fraction of sp³-hybridized carbons (Fsp3) is 0.400. The van der Waals surface area contributed by atoms with E-state index in [1.165, 1.54) is 28.6 Å². The summed E-state index contributed by atoms with van der Waals surface area (Å²) in [6.07, 6.45) is 3.64. The first-order chi connectivity index (χ1) is 11.0. The molecule has 3 rings (SSSR count). The molecule has 0 bridgehead atoms. The number of sulfonamides is 1. The topological polar surface area (TPSA) is 75.3 Å². The SMILES string of the molecule is CO[C@@H]1C[C@@H](c2ncc[nH]2)N(S(=O)(=O)Cc2ccc(F)cc2)C1. The molecule has 0 saturated carbocycles. The van der Waals surface area contributed by atoms with Crippen LogP contribution in [-0.4, -0.2) is 42.4 Å². The highest BCUT2D eigenvalue weighted by atomic mass is 32.2. The first-order valence-corrected chi connectivity index (χ1v) is 8.86. The molecule has 0 radical (unpaired) electrons.